The van der Waals surface area contributed by atoms with E-state index < -0.39 is 6.10 Å². The van der Waals surface area contributed by atoms with E-state index in [0.29, 0.717) is 6.79 Å². The van der Waals surface area contributed by atoms with Crippen LogP contribution in [-0.4, -0.2) is 43.4 Å². The van der Waals surface area contributed by atoms with Crippen LogP contribution in [0.3, 0.4) is 0 Å². The fourth-order valence-corrected chi connectivity index (χ4v) is 4.44. The lowest BCUT2D eigenvalue weighted by Crippen LogP contribution is -2.45. The number of hydrogen-bond acceptors (Lipinski definition) is 4. The Morgan fingerprint density at radius 2 is 1.57 bits per heavy atom. The molecule has 4 atom stereocenters. The number of allylic oxidation sites excluding steroid dienone is 1. The lowest BCUT2D eigenvalue weighted by Gasteiger charge is -2.38. The third kappa shape index (κ3) is 13.1. The summed E-state index contributed by atoms with van der Waals surface area (Å²) in [5.41, 5.74) is 0. The fraction of sp³-hybridized carbons (Fsp3) is 0.923. The Balaban J connectivity index is 2.17. The Bertz CT molecular complexity index is 387. The maximum absolute atomic E-state index is 10.4. The molecule has 0 saturated carbocycles. The average molecular weight is 427 g/mol. The maximum atomic E-state index is 10.4. The van der Waals surface area contributed by atoms with Gasteiger partial charge in [-0.2, -0.15) is 0 Å². The smallest absolute Gasteiger partial charge is 0.146 e. The number of aliphatic hydroxyl groups is 1. The van der Waals surface area contributed by atoms with Gasteiger partial charge in [0.15, 0.2) is 0 Å². The molecule has 0 bridgehead atoms. The molecule has 1 fully saturated rings. The SMILES string of the molecule is C=CCC[C@@H](O)[C@H]1CC[C@@H](OCOC)[C@@H](CCCCCCCCCCCCCC)O1. The molecule has 1 rings (SSSR count). The van der Waals surface area contributed by atoms with Crippen molar-refractivity contribution >= 4 is 0 Å². The predicted octanol–water partition coefficient (Wildman–Crippen LogP) is 6.94. The summed E-state index contributed by atoms with van der Waals surface area (Å²) in [4.78, 5) is 0. The molecule has 0 amide bonds. The highest BCUT2D eigenvalue weighted by molar-refractivity contribution is 4.84. The van der Waals surface area contributed by atoms with E-state index in [9.17, 15) is 5.11 Å². The van der Waals surface area contributed by atoms with Gasteiger partial charge < -0.3 is 19.3 Å². The van der Waals surface area contributed by atoms with E-state index in [4.69, 9.17) is 14.2 Å². The first-order chi connectivity index (χ1) is 14.7. The first-order valence-corrected chi connectivity index (χ1v) is 12.8. The molecule has 178 valence electrons. The Labute approximate surface area is 186 Å². The number of methoxy groups -OCH3 is 1. The van der Waals surface area contributed by atoms with Crippen molar-refractivity contribution in [2.75, 3.05) is 13.9 Å². The third-order valence-corrected chi connectivity index (χ3v) is 6.34. The van der Waals surface area contributed by atoms with Gasteiger partial charge in [0.05, 0.1) is 24.4 Å². The van der Waals surface area contributed by atoms with Gasteiger partial charge in [-0.25, -0.2) is 0 Å². The minimum absolute atomic E-state index is 0.0698. The largest absolute Gasteiger partial charge is 0.390 e. The second-order valence-corrected chi connectivity index (χ2v) is 9.01. The Hall–Kier alpha value is -0.420. The molecule has 1 N–H and O–H groups in total. The molecule has 0 aromatic carbocycles. The summed E-state index contributed by atoms with van der Waals surface area (Å²) in [5, 5.41) is 10.4. The normalized spacial score (nSPS) is 22.8. The lowest BCUT2D eigenvalue weighted by atomic mass is 9.93. The Morgan fingerprint density at radius 1 is 0.967 bits per heavy atom. The average Bonchev–Trinajstić information content (AvgIpc) is 2.77. The minimum atomic E-state index is -0.407. The molecule has 4 nitrogen and oxygen atoms in total. The molecule has 0 spiro atoms. The molecule has 0 aliphatic carbocycles. The maximum Gasteiger partial charge on any atom is 0.146 e. The fourth-order valence-electron chi connectivity index (χ4n) is 4.44. The van der Waals surface area contributed by atoms with Gasteiger partial charge in [-0.1, -0.05) is 90.0 Å². The second-order valence-electron chi connectivity index (χ2n) is 9.01. The van der Waals surface area contributed by atoms with Gasteiger partial charge in [0.1, 0.15) is 6.79 Å². The van der Waals surface area contributed by atoms with Crippen LogP contribution in [-0.2, 0) is 14.2 Å². The summed E-state index contributed by atoms with van der Waals surface area (Å²) in [6.45, 7) is 6.34. The molecule has 0 aromatic rings. The van der Waals surface area contributed by atoms with Gasteiger partial charge in [-0.3, -0.25) is 0 Å². The van der Waals surface area contributed by atoms with Crippen molar-refractivity contribution < 1.29 is 19.3 Å². The van der Waals surface area contributed by atoms with Gasteiger partial charge >= 0.3 is 0 Å². The zero-order valence-corrected chi connectivity index (χ0v) is 20.0. The zero-order chi connectivity index (χ0) is 21.9. The molecule has 0 aromatic heterocycles. The molecule has 30 heavy (non-hydrogen) atoms. The first kappa shape index (κ1) is 27.6. The highest BCUT2D eigenvalue weighted by Crippen LogP contribution is 2.29. The highest BCUT2D eigenvalue weighted by atomic mass is 16.7. The number of rotatable bonds is 20. The van der Waals surface area contributed by atoms with Crippen LogP contribution in [0.25, 0.3) is 0 Å². The summed E-state index contributed by atoms with van der Waals surface area (Å²) in [6, 6.07) is 0. The number of unbranched alkanes of at least 4 members (excludes halogenated alkanes) is 11. The van der Waals surface area contributed by atoms with Gasteiger partial charge in [0, 0.05) is 7.11 Å². The summed E-state index contributed by atoms with van der Waals surface area (Å²) >= 11 is 0. The van der Waals surface area contributed by atoms with Gasteiger partial charge in [0.25, 0.3) is 0 Å². The quantitative estimate of drug-likeness (QED) is 0.130. The van der Waals surface area contributed by atoms with Gasteiger partial charge in [-0.15, -0.1) is 6.58 Å². The van der Waals surface area contributed by atoms with E-state index in [1.807, 2.05) is 6.08 Å². The number of aliphatic hydroxyl groups excluding tert-OH is 1. The van der Waals surface area contributed by atoms with Crippen molar-refractivity contribution in [3.8, 4) is 0 Å². The summed E-state index contributed by atoms with van der Waals surface area (Å²) < 4.78 is 17.3. The standard InChI is InChI=1S/C26H50O4/c1-4-6-8-9-10-11-12-13-14-15-16-17-19-26-25(29-22-28-3)21-20-24(30-26)23(27)18-7-5-2/h5,23-27H,2,4,6-22H2,1,3H3/t23-,24-,25-,26-/m1/s1. The van der Waals surface area contributed by atoms with Crippen molar-refractivity contribution in [3.63, 3.8) is 0 Å². The molecule has 4 heteroatoms. The molecule has 1 saturated heterocycles. The van der Waals surface area contributed by atoms with Crippen LogP contribution in [0.4, 0.5) is 0 Å². The van der Waals surface area contributed by atoms with Crippen LogP contribution in [0.2, 0.25) is 0 Å². The summed E-state index contributed by atoms with van der Waals surface area (Å²) in [6.07, 6.45) is 22.2. The van der Waals surface area contributed by atoms with Crippen molar-refractivity contribution in [2.45, 2.75) is 140 Å². The topological polar surface area (TPSA) is 47.9 Å². The summed E-state index contributed by atoms with van der Waals surface area (Å²) in [7, 11) is 1.66. The highest BCUT2D eigenvalue weighted by Gasteiger charge is 2.34. The van der Waals surface area contributed by atoms with Crippen LogP contribution >= 0.6 is 0 Å². The Kier molecular flexibility index (Phi) is 17.7. The van der Waals surface area contributed by atoms with Crippen molar-refractivity contribution in [1.29, 1.82) is 0 Å². The third-order valence-electron chi connectivity index (χ3n) is 6.34. The molecule has 0 unspecified atom stereocenters. The van der Waals surface area contributed by atoms with Gasteiger partial charge in [0.2, 0.25) is 0 Å². The molecule has 0 radical (unpaired) electrons. The van der Waals surface area contributed by atoms with E-state index in [1.54, 1.807) is 7.11 Å². The van der Waals surface area contributed by atoms with E-state index in [-0.39, 0.29) is 18.3 Å². The van der Waals surface area contributed by atoms with E-state index >= 15 is 0 Å². The molecular weight excluding hydrogens is 376 g/mol. The van der Waals surface area contributed by atoms with Crippen molar-refractivity contribution in [3.05, 3.63) is 12.7 Å². The van der Waals surface area contributed by atoms with Crippen molar-refractivity contribution in [1.82, 2.24) is 0 Å². The van der Waals surface area contributed by atoms with Crippen LogP contribution in [0.5, 0.6) is 0 Å². The van der Waals surface area contributed by atoms with Crippen LogP contribution in [0.15, 0.2) is 12.7 Å². The van der Waals surface area contributed by atoms with E-state index in [2.05, 4.69) is 13.5 Å². The van der Waals surface area contributed by atoms with E-state index in [1.165, 1.54) is 77.0 Å². The van der Waals surface area contributed by atoms with Crippen LogP contribution < -0.4 is 0 Å². The van der Waals surface area contributed by atoms with Gasteiger partial charge in [-0.05, 0) is 32.1 Å². The van der Waals surface area contributed by atoms with Crippen LogP contribution in [0.1, 0.15) is 116 Å². The summed E-state index contributed by atoms with van der Waals surface area (Å²) in [5.74, 6) is 0. The molecule has 1 aliphatic heterocycles. The lowest BCUT2D eigenvalue weighted by molar-refractivity contribution is -0.192. The second kappa shape index (κ2) is 19.3. The molecular formula is C26H50O4. The Morgan fingerprint density at radius 3 is 2.13 bits per heavy atom. The molecule has 1 heterocycles. The monoisotopic (exact) mass is 426 g/mol. The number of ether oxygens (including phenoxy) is 3. The predicted molar refractivity (Wildman–Crippen MR) is 126 cm³/mol. The number of hydrogen-bond donors (Lipinski definition) is 1. The first-order valence-electron chi connectivity index (χ1n) is 12.8. The van der Waals surface area contributed by atoms with Crippen molar-refractivity contribution in [2.24, 2.45) is 0 Å². The molecule has 1 aliphatic rings. The van der Waals surface area contributed by atoms with Crippen LogP contribution in [0, 0.1) is 0 Å². The minimum Gasteiger partial charge on any atom is -0.390 e. The zero-order valence-electron chi connectivity index (χ0n) is 20.0. The van der Waals surface area contributed by atoms with E-state index in [0.717, 1.165) is 32.1 Å².